The molecule has 6 heteroatoms. The lowest BCUT2D eigenvalue weighted by Crippen LogP contribution is -2.48. The quantitative estimate of drug-likeness (QED) is 0.813. The molecule has 2 saturated heterocycles. The predicted octanol–water partition coefficient (Wildman–Crippen LogP) is 2.21. The molecule has 1 aromatic rings. The van der Waals surface area contributed by atoms with Crippen LogP contribution < -0.4 is 15.8 Å². The normalized spacial score (nSPS) is 29.2. The van der Waals surface area contributed by atoms with Gasteiger partial charge in [-0.25, -0.2) is 0 Å². The fraction of sp³-hybridized carbons (Fsp3) is 0.588. The van der Waals surface area contributed by atoms with E-state index in [0.717, 1.165) is 18.4 Å². The van der Waals surface area contributed by atoms with Crippen molar-refractivity contribution in [1.82, 2.24) is 10.2 Å². The molecule has 5 nitrogen and oxygen atoms in total. The molecule has 3 atom stereocenters. The summed E-state index contributed by atoms with van der Waals surface area (Å²) < 4.78 is 5.64. The molecule has 124 valence electrons. The zero-order valence-corrected chi connectivity index (χ0v) is 14.0. The first-order valence-corrected chi connectivity index (χ1v) is 8.69. The highest BCUT2D eigenvalue weighted by Crippen LogP contribution is 2.39. The number of halogens is 1. The maximum Gasteiger partial charge on any atom is 0.255 e. The molecule has 23 heavy (non-hydrogen) atoms. The van der Waals surface area contributed by atoms with Crippen LogP contribution in [-0.2, 0) is 6.42 Å². The second-order valence-electron chi connectivity index (χ2n) is 6.92. The zero-order valence-electron chi connectivity index (χ0n) is 13.3. The predicted molar refractivity (Wildman–Crippen MR) is 90.1 cm³/mol. The second-order valence-corrected chi connectivity index (χ2v) is 7.33. The highest BCUT2D eigenvalue weighted by Gasteiger charge is 2.39. The standard InChI is InChI=1S/C17H22ClN3O2/c1-21-10-2-3-11(21)7-9(6-10)20-17(22)13-8-14(18)15(19)12-4-5-23-16(12)13/h8-11H,2-7,19H2,1H3,(H,20,22)/t9-,10+,11-. The minimum Gasteiger partial charge on any atom is -0.492 e. The van der Waals surface area contributed by atoms with E-state index >= 15 is 0 Å². The van der Waals surface area contributed by atoms with Gasteiger partial charge in [0.1, 0.15) is 5.75 Å². The van der Waals surface area contributed by atoms with E-state index in [1.807, 2.05) is 0 Å². The van der Waals surface area contributed by atoms with E-state index in [1.165, 1.54) is 12.8 Å². The van der Waals surface area contributed by atoms with Gasteiger partial charge in [-0.15, -0.1) is 0 Å². The van der Waals surface area contributed by atoms with Gasteiger partial charge in [0.2, 0.25) is 0 Å². The SMILES string of the molecule is CN1[C@@H]2CC[C@H]1C[C@@H](NC(=O)c1cc(Cl)c(N)c3c1OCC3)C2. The van der Waals surface area contributed by atoms with Crippen molar-refractivity contribution in [2.45, 2.75) is 50.2 Å². The first-order chi connectivity index (χ1) is 11.0. The maximum absolute atomic E-state index is 12.7. The number of piperidine rings is 1. The van der Waals surface area contributed by atoms with Crippen LogP contribution in [-0.4, -0.2) is 42.6 Å². The summed E-state index contributed by atoms with van der Waals surface area (Å²) >= 11 is 6.19. The Labute approximate surface area is 141 Å². The van der Waals surface area contributed by atoms with Crippen molar-refractivity contribution in [2.24, 2.45) is 0 Å². The number of nitrogen functional groups attached to an aromatic ring is 1. The van der Waals surface area contributed by atoms with E-state index in [2.05, 4.69) is 17.3 Å². The van der Waals surface area contributed by atoms with Crippen molar-refractivity contribution in [3.63, 3.8) is 0 Å². The third-order valence-electron chi connectivity index (χ3n) is 5.65. The smallest absolute Gasteiger partial charge is 0.255 e. The Kier molecular flexibility index (Phi) is 3.65. The maximum atomic E-state index is 12.7. The number of amides is 1. The van der Waals surface area contributed by atoms with Crippen LogP contribution in [0, 0.1) is 0 Å². The first-order valence-electron chi connectivity index (χ1n) is 8.31. The Morgan fingerprint density at radius 3 is 2.78 bits per heavy atom. The molecule has 0 saturated carbocycles. The minimum atomic E-state index is -0.0981. The number of nitrogens with zero attached hydrogens (tertiary/aromatic N) is 1. The van der Waals surface area contributed by atoms with E-state index in [9.17, 15) is 4.79 Å². The first kappa shape index (κ1) is 15.1. The Morgan fingerprint density at radius 2 is 2.09 bits per heavy atom. The van der Waals surface area contributed by atoms with Crippen LogP contribution in [0.4, 0.5) is 5.69 Å². The summed E-state index contributed by atoms with van der Waals surface area (Å²) in [5.74, 6) is 0.513. The summed E-state index contributed by atoms with van der Waals surface area (Å²) in [4.78, 5) is 15.2. The molecule has 0 aliphatic carbocycles. The molecule has 3 aliphatic heterocycles. The fourth-order valence-electron chi connectivity index (χ4n) is 4.33. The van der Waals surface area contributed by atoms with Gasteiger partial charge in [0.05, 0.1) is 22.9 Å². The van der Waals surface area contributed by atoms with Crippen molar-refractivity contribution < 1.29 is 9.53 Å². The summed E-state index contributed by atoms with van der Waals surface area (Å²) in [7, 11) is 2.20. The van der Waals surface area contributed by atoms with E-state index in [1.54, 1.807) is 6.07 Å². The number of benzene rings is 1. The van der Waals surface area contributed by atoms with Crippen LogP contribution in [0.5, 0.6) is 5.75 Å². The Bertz CT molecular complexity index is 650. The van der Waals surface area contributed by atoms with Gasteiger partial charge in [-0.1, -0.05) is 11.6 Å². The van der Waals surface area contributed by atoms with E-state index in [0.29, 0.717) is 47.1 Å². The topological polar surface area (TPSA) is 67.6 Å². The van der Waals surface area contributed by atoms with Gasteiger partial charge in [-0.3, -0.25) is 4.79 Å². The third-order valence-corrected chi connectivity index (χ3v) is 5.96. The zero-order chi connectivity index (χ0) is 16.1. The molecule has 3 N–H and O–H groups in total. The number of carbonyl (C=O) groups is 1. The average molecular weight is 336 g/mol. The highest BCUT2D eigenvalue weighted by molar-refractivity contribution is 6.33. The van der Waals surface area contributed by atoms with Crippen LogP contribution in [0.1, 0.15) is 41.6 Å². The number of nitrogens with one attached hydrogen (secondary N) is 1. The van der Waals surface area contributed by atoms with Gasteiger partial charge in [-0.2, -0.15) is 0 Å². The molecule has 0 aromatic heterocycles. The van der Waals surface area contributed by atoms with Gasteiger partial charge in [0.15, 0.2) is 0 Å². The Balaban J connectivity index is 1.55. The number of ether oxygens (including phenoxy) is 1. The molecule has 1 aromatic carbocycles. The fourth-order valence-corrected chi connectivity index (χ4v) is 4.55. The second kappa shape index (κ2) is 5.56. The van der Waals surface area contributed by atoms with Gasteiger partial charge < -0.3 is 20.7 Å². The number of rotatable bonds is 2. The third kappa shape index (κ3) is 2.46. The van der Waals surface area contributed by atoms with Crippen LogP contribution in [0.25, 0.3) is 0 Å². The molecule has 0 unspecified atom stereocenters. The van der Waals surface area contributed by atoms with Crippen LogP contribution >= 0.6 is 11.6 Å². The molecule has 4 rings (SSSR count). The van der Waals surface area contributed by atoms with Gasteiger partial charge in [0, 0.05) is 30.1 Å². The Hall–Kier alpha value is -1.46. The molecular formula is C17H22ClN3O2. The lowest BCUT2D eigenvalue weighted by molar-refractivity contribution is 0.0879. The summed E-state index contributed by atoms with van der Waals surface area (Å²) in [6, 6.07) is 3.05. The molecule has 1 amide bonds. The largest absolute Gasteiger partial charge is 0.492 e. The molecule has 3 heterocycles. The summed E-state index contributed by atoms with van der Waals surface area (Å²) in [6.45, 7) is 0.554. The lowest BCUT2D eigenvalue weighted by atomic mass is 9.97. The Morgan fingerprint density at radius 1 is 1.39 bits per heavy atom. The van der Waals surface area contributed by atoms with E-state index in [-0.39, 0.29) is 11.9 Å². The molecular weight excluding hydrogens is 314 g/mol. The monoisotopic (exact) mass is 335 g/mol. The molecule has 2 fully saturated rings. The molecule has 0 radical (unpaired) electrons. The van der Waals surface area contributed by atoms with Crippen molar-refractivity contribution in [2.75, 3.05) is 19.4 Å². The number of nitrogens with two attached hydrogens (primary N) is 1. The number of hydrogen-bond acceptors (Lipinski definition) is 4. The van der Waals surface area contributed by atoms with E-state index < -0.39 is 0 Å². The summed E-state index contributed by atoms with van der Waals surface area (Å²) in [5, 5.41) is 3.62. The average Bonchev–Trinajstić information content (AvgIpc) is 3.06. The van der Waals surface area contributed by atoms with Crippen molar-refractivity contribution in [3.8, 4) is 5.75 Å². The van der Waals surface area contributed by atoms with Gasteiger partial charge in [-0.05, 0) is 38.8 Å². The van der Waals surface area contributed by atoms with Crippen molar-refractivity contribution in [3.05, 3.63) is 22.2 Å². The molecule has 0 spiro atoms. The van der Waals surface area contributed by atoms with Gasteiger partial charge in [0.25, 0.3) is 5.91 Å². The van der Waals surface area contributed by atoms with Crippen molar-refractivity contribution in [1.29, 1.82) is 0 Å². The number of carbonyl (C=O) groups excluding carboxylic acids is 1. The van der Waals surface area contributed by atoms with E-state index in [4.69, 9.17) is 22.1 Å². The van der Waals surface area contributed by atoms with Gasteiger partial charge >= 0.3 is 0 Å². The molecule has 3 aliphatic rings. The highest BCUT2D eigenvalue weighted by atomic mass is 35.5. The lowest BCUT2D eigenvalue weighted by Gasteiger charge is -2.36. The minimum absolute atomic E-state index is 0.0981. The summed E-state index contributed by atoms with van der Waals surface area (Å²) in [6.07, 6.45) is 5.22. The van der Waals surface area contributed by atoms with Crippen LogP contribution in [0.15, 0.2) is 6.07 Å². The molecule has 2 bridgehead atoms. The van der Waals surface area contributed by atoms with Crippen LogP contribution in [0.3, 0.4) is 0 Å². The number of hydrogen-bond donors (Lipinski definition) is 2. The number of fused-ring (bicyclic) bond motifs is 3. The summed E-state index contributed by atoms with van der Waals surface area (Å²) in [5.41, 5.74) is 7.92. The number of anilines is 1. The van der Waals surface area contributed by atoms with Crippen molar-refractivity contribution >= 4 is 23.2 Å². The van der Waals surface area contributed by atoms with Crippen LogP contribution in [0.2, 0.25) is 5.02 Å².